The number of amides is 1. The Labute approximate surface area is 146 Å². The quantitative estimate of drug-likeness (QED) is 0.724. The number of nitrogens with one attached hydrogen (secondary N) is 1. The van der Waals surface area contributed by atoms with E-state index in [1.54, 1.807) is 18.2 Å². The molecule has 0 aliphatic carbocycles. The standard InChI is InChI=1S/C16H22N2O4S2/c1-4-22-9-5-8-17-16(19)15-11-12-10-13(6-7-14(12)23-15)18(2)24(3,20)21/h6-7,10-11H,4-5,8-9H2,1-3H3,(H,17,19). The second-order valence-electron chi connectivity index (χ2n) is 5.37. The molecule has 2 rings (SSSR count). The Morgan fingerprint density at radius 2 is 2.08 bits per heavy atom. The van der Waals surface area contributed by atoms with Crippen LogP contribution in [0.4, 0.5) is 5.69 Å². The predicted octanol–water partition coefficient (Wildman–Crippen LogP) is 2.45. The van der Waals surface area contributed by atoms with Crippen LogP contribution in [0.3, 0.4) is 0 Å². The van der Waals surface area contributed by atoms with Gasteiger partial charge in [-0.2, -0.15) is 0 Å². The number of anilines is 1. The first-order valence-corrected chi connectivity index (χ1v) is 10.3. The van der Waals surface area contributed by atoms with Crippen LogP contribution in [0.2, 0.25) is 0 Å². The summed E-state index contributed by atoms with van der Waals surface area (Å²) in [6.45, 7) is 3.80. The zero-order valence-electron chi connectivity index (χ0n) is 14.0. The van der Waals surface area contributed by atoms with Crippen LogP contribution in [-0.2, 0) is 14.8 Å². The predicted molar refractivity (Wildman–Crippen MR) is 98.5 cm³/mol. The lowest BCUT2D eigenvalue weighted by molar-refractivity contribution is 0.0948. The number of carbonyl (C=O) groups excluding carboxylic acids is 1. The Morgan fingerprint density at radius 3 is 2.75 bits per heavy atom. The molecule has 132 valence electrons. The van der Waals surface area contributed by atoms with Crippen LogP contribution in [-0.4, -0.2) is 47.4 Å². The molecule has 6 nitrogen and oxygen atoms in total. The molecule has 24 heavy (non-hydrogen) atoms. The van der Waals surface area contributed by atoms with Gasteiger partial charge in [-0.3, -0.25) is 9.10 Å². The minimum absolute atomic E-state index is 0.120. The third-order valence-electron chi connectivity index (χ3n) is 3.54. The normalized spacial score (nSPS) is 11.6. The van der Waals surface area contributed by atoms with Crippen LogP contribution in [0.1, 0.15) is 23.0 Å². The molecule has 1 aromatic heterocycles. The Balaban J connectivity index is 2.09. The van der Waals surface area contributed by atoms with Crippen molar-refractivity contribution in [2.24, 2.45) is 0 Å². The molecule has 0 spiro atoms. The van der Waals surface area contributed by atoms with Gasteiger partial charge in [-0.15, -0.1) is 11.3 Å². The molecule has 1 heterocycles. The van der Waals surface area contributed by atoms with Crippen molar-refractivity contribution in [2.75, 3.05) is 37.4 Å². The molecule has 0 unspecified atom stereocenters. The fraction of sp³-hybridized carbons (Fsp3) is 0.438. The van der Waals surface area contributed by atoms with E-state index in [9.17, 15) is 13.2 Å². The van der Waals surface area contributed by atoms with Gasteiger partial charge < -0.3 is 10.1 Å². The third-order valence-corrected chi connectivity index (χ3v) is 5.86. The fourth-order valence-electron chi connectivity index (χ4n) is 2.14. The van der Waals surface area contributed by atoms with Gasteiger partial charge in [0.1, 0.15) is 0 Å². The number of rotatable bonds is 8. The summed E-state index contributed by atoms with van der Waals surface area (Å²) >= 11 is 1.39. The molecule has 1 amide bonds. The van der Waals surface area contributed by atoms with E-state index in [4.69, 9.17) is 4.74 Å². The van der Waals surface area contributed by atoms with Gasteiger partial charge in [-0.25, -0.2) is 8.42 Å². The van der Waals surface area contributed by atoms with Gasteiger partial charge in [-0.1, -0.05) is 0 Å². The first-order chi connectivity index (χ1) is 11.3. The highest BCUT2D eigenvalue weighted by Gasteiger charge is 2.14. The van der Waals surface area contributed by atoms with E-state index in [0.717, 1.165) is 22.8 Å². The number of sulfonamides is 1. The molecule has 0 bridgehead atoms. The van der Waals surface area contributed by atoms with Gasteiger partial charge >= 0.3 is 0 Å². The lowest BCUT2D eigenvalue weighted by atomic mass is 10.2. The third kappa shape index (κ3) is 4.68. The van der Waals surface area contributed by atoms with E-state index < -0.39 is 10.0 Å². The molecule has 8 heteroatoms. The Kier molecular flexibility index (Phi) is 6.20. The summed E-state index contributed by atoms with van der Waals surface area (Å²) in [6.07, 6.45) is 1.93. The Bertz CT molecular complexity index is 815. The summed E-state index contributed by atoms with van der Waals surface area (Å²) in [7, 11) is -1.80. The number of nitrogens with zero attached hydrogens (tertiary/aromatic N) is 1. The van der Waals surface area contributed by atoms with Crippen molar-refractivity contribution in [3.05, 3.63) is 29.1 Å². The zero-order chi connectivity index (χ0) is 17.7. The van der Waals surface area contributed by atoms with Crippen molar-refractivity contribution < 1.29 is 17.9 Å². The lowest BCUT2D eigenvalue weighted by Gasteiger charge is -2.16. The summed E-state index contributed by atoms with van der Waals surface area (Å²) < 4.78 is 30.7. The molecule has 0 radical (unpaired) electrons. The van der Waals surface area contributed by atoms with Crippen molar-refractivity contribution in [2.45, 2.75) is 13.3 Å². The zero-order valence-corrected chi connectivity index (χ0v) is 15.7. The van der Waals surface area contributed by atoms with E-state index in [1.807, 2.05) is 13.0 Å². The number of carbonyl (C=O) groups is 1. The van der Waals surface area contributed by atoms with Gasteiger partial charge in [0.2, 0.25) is 10.0 Å². The van der Waals surface area contributed by atoms with Crippen LogP contribution >= 0.6 is 11.3 Å². The highest BCUT2D eigenvalue weighted by Crippen LogP contribution is 2.29. The second kappa shape index (κ2) is 7.96. The molecule has 1 aromatic carbocycles. The average molecular weight is 370 g/mol. The number of hydrogen-bond acceptors (Lipinski definition) is 5. The summed E-state index contributed by atoms with van der Waals surface area (Å²) in [6, 6.07) is 7.14. The van der Waals surface area contributed by atoms with Crippen molar-refractivity contribution in [3.63, 3.8) is 0 Å². The van der Waals surface area contributed by atoms with Gasteiger partial charge in [0, 0.05) is 31.5 Å². The van der Waals surface area contributed by atoms with E-state index in [0.29, 0.717) is 30.3 Å². The Hall–Kier alpha value is -1.64. The number of fused-ring (bicyclic) bond motifs is 1. The number of hydrogen-bond donors (Lipinski definition) is 1. The summed E-state index contributed by atoms with van der Waals surface area (Å²) in [5, 5.41) is 3.72. The van der Waals surface area contributed by atoms with Crippen molar-refractivity contribution in [1.29, 1.82) is 0 Å². The molecule has 0 aliphatic rings. The number of thiophene rings is 1. The SMILES string of the molecule is CCOCCCNC(=O)c1cc2cc(N(C)S(C)(=O)=O)ccc2s1. The van der Waals surface area contributed by atoms with Crippen molar-refractivity contribution in [3.8, 4) is 0 Å². The smallest absolute Gasteiger partial charge is 0.261 e. The van der Waals surface area contributed by atoms with Crippen LogP contribution < -0.4 is 9.62 Å². The Morgan fingerprint density at radius 1 is 1.33 bits per heavy atom. The van der Waals surface area contributed by atoms with E-state index >= 15 is 0 Å². The monoisotopic (exact) mass is 370 g/mol. The van der Waals surface area contributed by atoms with Crippen molar-refractivity contribution >= 4 is 43.0 Å². The maximum atomic E-state index is 12.2. The fourth-order valence-corrected chi connectivity index (χ4v) is 3.59. The molecular formula is C16H22N2O4S2. The van der Waals surface area contributed by atoms with Crippen LogP contribution in [0.25, 0.3) is 10.1 Å². The van der Waals surface area contributed by atoms with Gasteiger partial charge in [0.15, 0.2) is 0 Å². The van der Waals surface area contributed by atoms with Crippen molar-refractivity contribution in [1.82, 2.24) is 5.32 Å². The summed E-state index contributed by atoms with van der Waals surface area (Å²) in [5.41, 5.74) is 0.575. The van der Waals surface area contributed by atoms with Crippen LogP contribution in [0.15, 0.2) is 24.3 Å². The summed E-state index contributed by atoms with van der Waals surface area (Å²) in [5.74, 6) is -0.120. The van der Waals surface area contributed by atoms with E-state index in [-0.39, 0.29) is 5.91 Å². The first-order valence-electron chi connectivity index (χ1n) is 7.66. The molecule has 0 aliphatic heterocycles. The molecule has 0 saturated carbocycles. The molecule has 0 fully saturated rings. The molecule has 0 atom stereocenters. The maximum absolute atomic E-state index is 12.2. The van der Waals surface area contributed by atoms with Gasteiger partial charge in [0.05, 0.1) is 16.8 Å². The average Bonchev–Trinajstić information content (AvgIpc) is 2.96. The number of benzene rings is 1. The first kappa shape index (κ1) is 18.7. The second-order valence-corrected chi connectivity index (χ2v) is 8.47. The van der Waals surface area contributed by atoms with Crippen LogP contribution in [0.5, 0.6) is 0 Å². The van der Waals surface area contributed by atoms with Gasteiger partial charge in [0.25, 0.3) is 5.91 Å². The number of ether oxygens (including phenoxy) is 1. The highest BCUT2D eigenvalue weighted by atomic mass is 32.2. The van der Waals surface area contributed by atoms with E-state index in [1.165, 1.54) is 22.7 Å². The minimum Gasteiger partial charge on any atom is -0.382 e. The maximum Gasteiger partial charge on any atom is 0.261 e. The topological polar surface area (TPSA) is 75.7 Å². The highest BCUT2D eigenvalue weighted by molar-refractivity contribution is 7.92. The molecular weight excluding hydrogens is 348 g/mol. The van der Waals surface area contributed by atoms with Crippen LogP contribution in [0, 0.1) is 0 Å². The summed E-state index contributed by atoms with van der Waals surface area (Å²) in [4.78, 5) is 12.8. The van der Waals surface area contributed by atoms with E-state index in [2.05, 4.69) is 5.32 Å². The molecule has 1 N–H and O–H groups in total. The minimum atomic E-state index is -3.31. The lowest BCUT2D eigenvalue weighted by Crippen LogP contribution is -2.24. The molecule has 0 saturated heterocycles. The molecule has 2 aromatic rings. The largest absolute Gasteiger partial charge is 0.382 e. The van der Waals surface area contributed by atoms with Gasteiger partial charge in [-0.05, 0) is 43.0 Å².